The molecular weight excluding hydrogens is 508 g/mol. The monoisotopic (exact) mass is 538 g/mol. The summed E-state index contributed by atoms with van der Waals surface area (Å²) in [5, 5.41) is 5.01. The lowest BCUT2D eigenvalue weighted by Gasteiger charge is -2.15. The Balaban J connectivity index is 1.40. The average molecular weight is 539 g/mol. The highest BCUT2D eigenvalue weighted by molar-refractivity contribution is 5.72. The van der Waals surface area contributed by atoms with Gasteiger partial charge in [-0.3, -0.25) is 0 Å². The SMILES string of the molecule is COc1ccc(-n2nc(-c3ccccc3)cc2-c2ccc(OCc3ccccc3)c(OCc3ccccc3)c2)cc1. The Kier molecular flexibility index (Phi) is 7.77. The minimum absolute atomic E-state index is 0.430. The lowest BCUT2D eigenvalue weighted by molar-refractivity contribution is 0.256. The fourth-order valence-electron chi connectivity index (χ4n) is 4.63. The third-order valence-corrected chi connectivity index (χ3v) is 6.81. The lowest BCUT2D eigenvalue weighted by atomic mass is 10.1. The molecule has 0 aliphatic heterocycles. The first-order valence-electron chi connectivity index (χ1n) is 13.5. The molecule has 0 spiro atoms. The zero-order valence-corrected chi connectivity index (χ0v) is 22.8. The highest BCUT2D eigenvalue weighted by Gasteiger charge is 2.16. The Bertz CT molecular complexity index is 1700. The van der Waals surface area contributed by atoms with Crippen LogP contribution in [0.4, 0.5) is 0 Å². The molecule has 5 aromatic carbocycles. The van der Waals surface area contributed by atoms with Crippen molar-refractivity contribution in [3.05, 3.63) is 151 Å². The maximum absolute atomic E-state index is 6.37. The summed E-state index contributed by atoms with van der Waals surface area (Å²) >= 11 is 0. The smallest absolute Gasteiger partial charge is 0.162 e. The van der Waals surface area contributed by atoms with Gasteiger partial charge in [-0.2, -0.15) is 5.10 Å². The second-order valence-electron chi connectivity index (χ2n) is 9.60. The minimum atomic E-state index is 0.430. The number of methoxy groups -OCH3 is 1. The molecule has 0 aliphatic rings. The Morgan fingerprint density at radius 2 is 1.15 bits per heavy atom. The summed E-state index contributed by atoms with van der Waals surface area (Å²) in [5.41, 5.74) is 6.94. The van der Waals surface area contributed by atoms with Crippen LogP contribution in [0.5, 0.6) is 17.2 Å². The molecule has 1 aromatic heterocycles. The zero-order chi connectivity index (χ0) is 27.9. The summed E-state index contributed by atoms with van der Waals surface area (Å²) < 4.78 is 20.0. The van der Waals surface area contributed by atoms with Crippen LogP contribution in [-0.4, -0.2) is 16.9 Å². The van der Waals surface area contributed by atoms with E-state index in [1.807, 2.05) is 95.7 Å². The second kappa shape index (κ2) is 12.3. The van der Waals surface area contributed by atoms with Crippen LogP contribution in [0, 0.1) is 0 Å². The number of hydrogen-bond donors (Lipinski definition) is 0. The van der Waals surface area contributed by atoms with Crippen molar-refractivity contribution in [3.63, 3.8) is 0 Å². The maximum atomic E-state index is 6.37. The predicted molar refractivity (Wildman–Crippen MR) is 163 cm³/mol. The van der Waals surface area contributed by atoms with Gasteiger partial charge in [0, 0.05) is 11.1 Å². The fraction of sp³-hybridized carbons (Fsp3) is 0.0833. The van der Waals surface area contributed by atoms with Crippen molar-refractivity contribution < 1.29 is 14.2 Å². The van der Waals surface area contributed by atoms with Crippen LogP contribution < -0.4 is 14.2 Å². The van der Waals surface area contributed by atoms with Crippen molar-refractivity contribution in [3.8, 4) is 45.5 Å². The van der Waals surface area contributed by atoms with Gasteiger partial charge in [0.05, 0.1) is 24.2 Å². The summed E-state index contributed by atoms with van der Waals surface area (Å²) in [7, 11) is 1.67. The van der Waals surface area contributed by atoms with Gasteiger partial charge in [0.15, 0.2) is 11.5 Å². The van der Waals surface area contributed by atoms with E-state index >= 15 is 0 Å². The molecule has 202 valence electrons. The van der Waals surface area contributed by atoms with E-state index in [-0.39, 0.29) is 0 Å². The van der Waals surface area contributed by atoms with Gasteiger partial charge in [-0.15, -0.1) is 0 Å². The van der Waals surface area contributed by atoms with E-state index in [4.69, 9.17) is 19.3 Å². The van der Waals surface area contributed by atoms with E-state index in [2.05, 4.69) is 48.5 Å². The van der Waals surface area contributed by atoms with Crippen LogP contribution in [0.1, 0.15) is 11.1 Å². The highest BCUT2D eigenvalue weighted by Crippen LogP contribution is 2.36. The molecule has 5 nitrogen and oxygen atoms in total. The number of nitrogens with zero attached hydrogens (tertiary/aromatic N) is 2. The van der Waals surface area contributed by atoms with E-state index in [0.717, 1.165) is 45.1 Å². The molecule has 0 saturated carbocycles. The Morgan fingerprint density at radius 1 is 0.561 bits per heavy atom. The molecule has 0 N–H and O–H groups in total. The molecule has 0 atom stereocenters. The van der Waals surface area contributed by atoms with Crippen LogP contribution in [0.25, 0.3) is 28.2 Å². The molecule has 0 aliphatic carbocycles. The third kappa shape index (κ3) is 6.15. The molecule has 0 unspecified atom stereocenters. The summed E-state index contributed by atoms with van der Waals surface area (Å²) in [6.45, 7) is 0.878. The molecule has 6 rings (SSSR count). The van der Waals surface area contributed by atoms with Gasteiger partial charge in [-0.05, 0) is 59.7 Å². The van der Waals surface area contributed by atoms with E-state index in [1.165, 1.54) is 0 Å². The van der Waals surface area contributed by atoms with Crippen LogP contribution >= 0.6 is 0 Å². The Labute approximate surface area is 240 Å². The summed E-state index contributed by atoms with van der Waals surface area (Å²) in [6, 6.07) is 46.6. The first-order valence-corrected chi connectivity index (χ1v) is 13.5. The van der Waals surface area contributed by atoms with Crippen molar-refractivity contribution >= 4 is 0 Å². The van der Waals surface area contributed by atoms with Crippen LogP contribution in [0.2, 0.25) is 0 Å². The first kappa shape index (κ1) is 26.0. The van der Waals surface area contributed by atoms with E-state index in [1.54, 1.807) is 7.11 Å². The minimum Gasteiger partial charge on any atom is -0.497 e. The van der Waals surface area contributed by atoms with Gasteiger partial charge in [0.1, 0.15) is 19.0 Å². The van der Waals surface area contributed by atoms with Crippen LogP contribution in [-0.2, 0) is 13.2 Å². The summed E-state index contributed by atoms with van der Waals surface area (Å²) in [5.74, 6) is 2.15. The van der Waals surface area contributed by atoms with E-state index in [9.17, 15) is 0 Å². The largest absolute Gasteiger partial charge is 0.497 e. The Morgan fingerprint density at radius 3 is 1.76 bits per heavy atom. The van der Waals surface area contributed by atoms with Crippen molar-refractivity contribution in [2.24, 2.45) is 0 Å². The highest BCUT2D eigenvalue weighted by atomic mass is 16.5. The van der Waals surface area contributed by atoms with Crippen LogP contribution in [0.15, 0.2) is 140 Å². The quantitative estimate of drug-likeness (QED) is 0.176. The molecular formula is C36H30N2O3. The fourth-order valence-corrected chi connectivity index (χ4v) is 4.63. The number of aromatic nitrogens is 2. The molecule has 41 heavy (non-hydrogen) atoms. The average Bonchev–Trinajstić information content (AvgIpc) is 3.50. The third-order valence-electron chi connectivity index (χ3n) is 6.81. The van der Waals surface area contributed by atoms with Gasteiger partial charge >= 0.3 is 0 Å². The molecule has 0 fully saturated rings. The van der Waals surface area contributed by atoms with Crippen LogP contribution in [0.3, 0.4) is 0 Å². The maximum Gasteiger partial charge on any atom is 0.162 e. The first-order chi connectivity index (χ1) is 20.3. The molecule has 1 heterocycles. The van der Waals surface area contributed by atoms with Gasteiger partial charge in [0.2, 0.25) is 0 Å². The topological polar surface area (TPSA) is 45.5 Å². The normalized spacial score (nSPS) is 10.8. The molecule has 0 saturated heterocycles. The van der Waals surface area contributed by atoms with Gasteiger partial charge in [-0.25, -0.2) is 4.68 Å². The molecule has 0 amide bonds. The standard InChI is InChI=1S/C36H30N2O3/c1-39-32-20-18-31(19-21-32)38-34(24-33(37-38)29-15-9-4-10-16-29)30-17-22-35(40-25-27-11-5-2-6-12-27)36(23-30)41-26-28-13-7-3-8-14-28/h2-24H,25-26H2,1H3. The lowest BCUT2D eigenvalue weighted by Crippen LogP contribution is -2.02. The molecule has 0 radical (unpaired) electrons. The van der Waals surface area contributed by atoms with Gasteiger partial charge in [-0.1, -0.05) is 91.0 Å². The zero-order valence-electron chi connectivity index (χ0n) is 22.8. The summed E-state index contributed by atoms with van der Waals surface area (Å²) in [4.78, 5) is 0. The van der Waals surface area contributed by atoms with Crippen molar-refractivity contribution in [2.45, 2.75) is 13.2 Å². The van der Waals surface area contributed by atoms with Crippen molar-refractivity contribution in [1.29, 1.82) is 0 Å². The van der Waals surface area contributed by atoms with E-state index < -0.39 is 0 Å². The van der Waals surface area contributed by atoms with E-state index in [0.29, 0.717) is 24.7 Å². The molecule has 5 heteroatoms. The van der Waals surface area contributed by atoms with Gasteiger partial charge in [0.25, 0.3) is 0 Å². The Hall–Kier alpha value is -5.29. The number of hydrogen-bond acceptors (Lipinski definition) is 4. The molecule has 6 aromatic rings. The second-order valence-corrected chi connectivity index (χ2v) is 9.60. The van der Waals surface area contributed by atoms with Crippen molar-refractivity contribution in [1.82, 2.24) is 9.78 Å². The van der Waals surface area contributed by atoms with Crippen molar-refractivity contribution in [2.75, 3.05) is 7.11 Å². The number of benzene rings is 5. The number of rotatable bonds is 10. The number of ether oxygens (including phenoxy) is 3. The predicted octanol–water partition coefficient (Wildman–Crippen LogP) is 8.37. The van der Waals surface area contributed by atoms with Gasteiger partial charge < -0.3 is 14.2 Å². The summed E-state index contributed by atoms with van der Waals surface area (Å²) in [6.07, 6.45) is 0. The molecule has 0 bridgehead atoms.